The van der Waals surface area contributed by atoms with Crippen LogP contribution in [0.2, 0.25) is 5.02 Å². The molecule has 0 unspecified atom stereocenters. The van der Waals surface area contributed by atoms with Gasteiger partial charge in [-0.3, -0.25) is 4.90 Å². The Labute approximate surface area is 156 Å². The average Bonchev–Trinajstić information content (AvgIpc) is 2.58. The fourth-order valence-electron chi connectivity index (χ4n) is 3.88. The van der Waals surface area contributed by atoms with E-state index in [0.717, 1.165) is 38.0 Å². The highest BCUT2D eigenvalue weighted by Crippen LogP contribution is 2.20. The fraction of sp³-hybridized carbons (Fsp3) is 0.619. The molecule has 1 heterocycles. The largest absolute Gasteiger partial charge is 0.310 e. The number of hydrogen-bond donors (Lipinski definition) is 1. The Morgan fingerprint density at radius 3 is 2.72 bits per heavy atom. The Bertz CT molecular complexity index is 579. The van der Waals surface area contributed by atoms with Gasteiger partial charge in [-0.15, -0.1) is 0 Å². The van der Waals surface area contributed by atoms with Gasteiger partial charge in [0.15, 0.2) is 0 Å². The lowest BCUT2D eigenvalue weighted by molar-refractivity contribution is 0.190. The van der Waals surface area contributed by atoms with Crippen LogP contribution in [0.1, 0.15) is 56.9 Å². The summed E-state index contributed by atoms with van der Waals surface area (Å²) < 4.78 is 13.9. The van der Waals surface area contributed by atoms with Crippen LogP contribution in [0.15, 0.2) is 29.8 Å². The predicted octanol–water partition coefficient (Wildman–Crippen LogP) is 5.31. The highest BCUT2D eigenvalue weighted by molar-refractivity contribution is 6.30. The standard InChI is InChI=1S/C21H30ClFN2/c22-19-9-8-18(21(23)14-19)16-25-12-10-20(11-13-25)24-15-17-6-4-2-1-3-5-7-17/h6,8-9,14,20,24H,1-5,7,10-13,15-16H2/b17-6+. The zero-order valence-corrected chi connectivity index (χ0v) is 15.8. The first-order chi connectivity index (χ1) is 12.2. The number of benzene rings is 1. The molecule has 0 bridgehead atoms. The van der Waals surface area contributed by atoms with Crippen molar-refractivity contribution in [3.63, 3.8) is 0 Å². The summed E-state index contributed by atoms with van der Waals surface area (Å²) in [4.78, 5) is 2.35. The second-order valence-corrected chi connectivity index (χ2v) is 7.92. The van der Waals surface area contributed by atoms with E-state index in [0.29, 0.717) is 17.6 Å². The summed E-state index contributed by atoms with van der Waals surface area (Å²) in [6.07, 6.45) is 12.7. The van der Waals surface area contributed by atoms with E-state index in [-0.39, 0.29) is 5.82 Å². The summed E-state index contributed by atoms with van der Waals surface area (Å²) in [7, 11) is 0. The van der Waals surface area contributed by atoms with Gasteiger partial charge in [0, 0.05) is 29.7 Å². The zero-order chi connectivity index (χ0) is 17.5. The summed E-state index contributed by atoms with van der Waals surface area (Å²) in [6.45, 7) is 3.79. The molecule has 2 nitrogen and oxygen atoms in total. The van der Waals surface area contributed by atoms with Crippen LogP contribution in [-0.2, 0) is 6.54 Å². The second-order valence-electron chi connectivity index (χ2n) is 7.48. The summed E-state index contributed by atoms with van der Waals surface area (Å²) in [5.74, 6) is -0.191. The Kier molecular flexibility index (Phi) is 7.33. The van der Waals surface area contributed by atoms with Crippen molar-refractivity contribution in [2.24, 2.45) is 0 Å². The zero-order valence-electron chi connectivity index (χ0n) is 15.1. The van der Waals surface area contributed by atoms with Crippen LogP contribution in [0, 0.1) is 5.82 Å². The predicted molar refractivity (Wildman–Crippen MR) is 103 cm³/mol. The van der Waals surface area contributed by atoms with Gasteiger partial charge in [0.05, 0.1) is 0 Å². The highest BCUT2D eigenvalue weighted by Gasteiger charge is 2.20. The molecule has 0 radical (unpaired) electrons. The van der Waals surface area contributed by atoms with E-state index in [4.69, 9.17) is 11.6 Å². The molecule has 1 aromatic carbocycles. The number of rotatable bonds is 5. The molecule has 0 atom stereocenters. The van der Waals surface area contributed by atoms with E-state index in [9.17, 15) is 4.39 Å². The van der Waals surface area contributed by atoms with Crippen molar-refractivity contribution in [3.05, 3.63) is 46.3 Å². The Morgan fingerprint density at radius 1 is 1.12 bits per heavy atom. The van der Waals surface area contributed by atoms with Crippen LogP contribution in [0.25, 0.3) is 0 Å². The Balaban J connectivity index is 1.41. The smallest absolute Gasteiger partial charge is 0.129 e. The number of likely N-dealkylation sites (tertiary alicyclic amines) is 1. The van der Waals surface area contributed by atoms with Crippen molar-refractivity contribution in [1.82, 2.24) is 10.2 Å². The summed E-state index contributed by atoms with van der Waals surface area (Å²) in [5, 5.41) is 4.22. The van der Waals surface area contributed by atoms with Crippen LogP contribution in [0.5, 0.6) is 0 Å². The van der Waals surface area contributed by atoms with Gasteiger partial charge in [0.2, 0.25) is 0 Å². The van der Waals surface area contributed by atoms with Gasteiger partial charge < -0.3 is 5.32 Å². The number of nitrogens with zero attached hydrogens (tertiary/aromatic N) is 1. The first-order valence-corrected chi connectivity index (χ1v) is 10.2. The number of hydrogen-bond acceptors (Lipinski definition) is 2. The molecule has 1 N–H and O–H groups in total. The molecule has 1 aliphatic heterocycles. The monoisotopic (exact) mass is 364 g/mol. The van der Waals surface area contributed by atoms with Crippen molar-refractivity contribution in [1.29, 1.82) is 0 Å². The molecular weight excluding hydrogens is 335 g/mol. The Hall–Kier alpha value is -0.900. The molecule has 0 aromatic heterocycles. The maximum absolute atomic E-state index is 13.9. The first-order valence-electron chi connectivity index (χ1n) is 9.78. The summed E-state index contributed by atoms with van der Waals surface area (Å²) >= 11 is 5.83. The molecule has 4 heteroatoms. The molecule has 138 valence electrons. The first kappa shape index (κ1) is 18.9. The Morgan fingerprint density at radius 2 is 1.92 bits per heavy atom. The van der Waals surface area contributed by atoms with Crippen molar-refractivity contribution >= 4 is 11.6 Å². The third-order valence-corrected chi connectivity index (χ3v) is 5.73. The van der Waals surface area contributed by atoms with E-state index in [1.54, 1.807) is 11.6 Å². The van der Waals surface area contributed by atoms with Gasteiger partial charge in [-0.2, -0.15) is 0 Å². The average molecular weight is 365 g/mol. The van der Waals surface area contributed by atoms with Crippen molar-refractivity contribution in [2.45, 2.75) is 64.0 Å². The minimum Gasteiger partial charge on any atom is -0.310 e. The van der Waals surface area contributed by atoms with Crippen LogP contribution in [-0.4, -0.2) is 30.6 Å². The van der Waals surface area contributed by atoms with Crippen LogP contribution < -0.4 is 5.32 Å². The van der Waals surface area contributed by atoms with Crippen molar-refractivity contribution in [3.8, 4) is 0 Å². The lowest BCUT2D eigenvalue weighted by atomic mass is 9.99. The molecule has 1 aromatic rings. The fourth-order valence-corrected chi connectivity index (χ4v) is 4.04. The maximum Gasteiger partial charge on any atom is 0.129 e. The van der Waals surface area contributed by atoms with Gasteiger partial charge >= 0.3 is 0 Å². The molecule has 3 rings (SSSR count). The third kappa shape index (κ3) is 6.09. The van der Waals surface area contributed by atoms with E-state index >= 15 is 0 Å². The summed E-state index contributed by atoms with van der Waals surface area (Å²) in [6, 6.07) is 5.59. The molecule has 25 heavy (non-hydrogen) atoms. The highest BCUT2D eigenvalue weighted by atomic mass is 35.5. The van der Waals surface area contributed by atoms with Gasteiger partial charge in [0.25, 0.3) is 0 Å². The molecule has 0 saturated carbocycles. The molecular formula is C21H30ClFN2. The lowest BCUT2D eigenvalue weighted by Crippen LogP contribution is -2.42. The van der Waals surface area contributed by atoms with Gasteiger partial charge in [0.1, 0.15) is 5.82 Å². The number of halogens is 2. The van der Waals surface area contributed by atoms with Gasteiger partial charge in [-0.05, 0) is 63.7 Å². The van der Waals surface area contributed by atoms with E-state index in [1.807, 2.05) is 6.07 Å². The normalized spacial score (nSPS) is 22.9. The molecule has 2 aliphatic rings. The van der Waals surface area contributed by atoms with E-state index < -0.39 is 0 Å². The van der Waals surface area contributed by atoms with Crippen molar-refractivity contribution in [2.75, 3.05) is 19.6 Å². The molecule has 1 fully saturated rings. The third-order valence-electron chi connectivity index (χ3n) is 5.50. The number of piperidine rings is 1. The lowest BCUT2D eigenvalue weighted by Gasteiger charge is -2.33. The molecule has 0 amide bonds. The van der Waals surface area contributed by atoms with E-state index in [1.165, 1.54) is 44.6 Å². The summed E-state index contributed by atoms with van der Waals surface area (Å²) in [5.41, 5.74) is 2.35. The molecule has 1 aliphatic carbocycles. The topological polar surface area (TPSA) is 15.3 Å². The SMILES string of the molecule is Fc1cc(Cl)ccc1CN1CCC(NC/C2=C/CCCCCC2)CC1. The quantitative estimate of drug-likeness (QED) is 0.712. The molecule has 0 spiro atoms. The van der Waals surface area contributed by atoms with E-state index in [2.05, 4.69) is 16.3 Å². The second kappa shape index (κ2) is 9.70. The minimum absolute atomic E-state index is 0.191. The maximum atomic E-state index is 13.9. The van der Waals surface area contributed by atoms with Gasteiger partial charge in [-0.1, -0.05) is 42.2 Å². The number of nitrogens with one attached hydrogen (secondary N) is 1. The molecule has 1 saturated heterocycles. The van der Waals surface area contributed by atoms with Crippen molar-refractivity contribution < 1.29 is 4.39 Å². The van der Waals surface area contributed by atoms with Gasteiger partial charge in [-0.25, -0.2) is 4.39 Å². The van der Waals surface area contributed by atoms with Crippen LogP contribution >= 0.6 is 11.6 Å². The van der Waals surface area contributed by atoms with Crippen LogP contribution in [0.3, 0.4) is 0 Å². The number of allylic oxidation sites excluding steroid dienone is 1. The minimum atomic E-state index is -0.191. The van der Waals surface area contributed by atoms with Crippen LogP contribution in [0.4, 0.5) is 4.39 Å².